The summed E-state index contributed by atoms with van der Waals surface area (Å²) in [6, 6.07) is 0. The standard InChI is InChI=1S/C4H5N3O.C2H6O6S2/c5-4(8)3-1-6-7-2-3;3-9(4,5)1-2-10(6,7)8/h1-2H,(H2,5,8)(H,6,7);1-2H2,(H,3,4,5)(H,6,7,8). The molecular weight excluding hydrogens is 290 g/mol. The topological polar surface area (TPSA) is 181 Å². The van der Waals surface area contributed by atoms with Crippen LogP contribution in [0.5, 0.6) is 0 Å². The van der Waals surface area contributed by atoms with Crippen molar-refractivity contribution < 1.29 is 30.7 Å². The van der Waals surface area contributed by atoms with Gasteiger partial charge in [-0.1, -0.05) is 0 Å². The Morgan fingerprint density at radius 2 is 1.67 bits per heavy atom. The largest absolute Gasteiger partial charge is 0.366 e. The number of aromatic amines is 1. The van der Waals surface area contributed by atoms with Crippen molar-refractivity contribution in [3.8, 4) is 0 Å². The summed E-state index contributed by atoms with van der Waals surface area (Å²) in [4.78, 5) is 10.2. The Hall–Kier alpha value is -1.50. The van der Waals surface area contributed by atoms with Crippen molar-refractivity contribution >= 4 is 26.1 Å². The summed E-state index contributed by atoms with van der Waals surface area (Å²) in [6.45, 7) is 0. The Morgan fingerprint density at radius 1 is 1.22 bits per heavy atom. The molecule has 1 rings (SSSR count). The van der Waals surface area contributed by atoms with Crippen molar-refractivity contribution in [2.45, 2.75) is 0 Å². The number of amides is 1. The molecule has 1 heterocycles. The lowest BCUT2D eigenvalue weighted by Gasteiger charge is -1.92. The third-order valence-corrected chi connectivity index (χ3v) is 3.08. The normalized spacial score (nSPS) is 11.4. The molecule has 0 saturated heterocycles. The highest BCUT2D eigenvalue weighted by Gasteiger charge is 2.11. The summed E-state index contributed by atoms with van der Waals surface area (Å²) < 4.78 is 55.4. The molecule has 0 aromatic carbocycles. The maximum Gasteiger partial charge on any atom is 0.265 e. The van der Waals surface area contributed by atoms with Crippen molar-refractivity contribution in [3.63, 3.8) is 0 Å². The molecule has 1 aromatic heterocycles. The van der Waals surface area contributed by atoms with Gasteiger partial charge in [-0.05, 0) is 0 Å². The Labute approximate surface area is 103 Å². The number of H-pyrrole nitrogens is 1. The number of aromatic nitrogens is 2. The molecule has 0 atom stereocenters. The number of carbonyl (C=O) groups is 1. The van der Waals surface area contributed by atoms with Gasteiger partial charge < -0.3 is 5.73 Å². The van der Waals surface area contributed by atoms with E-state index in [1.54, 1.807) is 0 Å². The van der Waals surface area contributed by atoms with Crippen LogP contribution in [-0.2, 0) is 20.2 Å². The van der Waals surface area contributed by atoms with E-state index >= 15 is 0 Å². The summed E-state index contributed by atoms with van der Waals surface area (Å²) in [6.07, 6.45) is 2.82. The van der Waals surface area contributed by atoms with Gasteiger partial charge in [-0.15, -0.1) is 0 Å². The molecular formula is C6H11N3O7S2. The molecule has 0 spiro atoms. The minimum Gasteiger partial charge on any atom is -0.366 e. The number of nitrogens with one attached hydrogen (secondary N) is 1. The second kappa shape index (κ2) is 6.44. The van der Waals surface area contributed by atoms with Crippen LogP contribution in [0.25, 0.3) is 0 Å². The van der Waals surface area contributed by atoms with Crippen LogP contribution < -0.4 is 5.73 Å². The van der Waals surface area contributed by atoms with E-state index in [0.29, 0.717) is 5.56 Å². The lowest BCUT2D eigenvalue weighted by molar-refractivity contribution is 0.100. The smallest absolute Gasteiger partial charge is 0.265 e. The first-order chi connectivity index (χ1) is 8.01. The van der Waals surface area contributed by atoms with Crippen LogP contribution in [-0.4, -0.2) is 53.6 Å². The van der Waals surface area contributed by atoms with Crippen molar-refractivity contribution in [1.82, 2.24) is 10.2 Å². The zero-order valence-electron chi connectivity index (χ0n) is 8.85. The average molecular weight is 301 g/mol. The van der Waals surface area contributed by atoms with Gasteiger partial charge in [0.05, 0.1) is 23.3 Å². The molecule has 1 aromatic rings. The SMILES string of the molecule is NC(=O)c1cn[nH]c1.O=S(=O)(O)CCS(=O)(=O)O. The molecule has 0 unspecified atom stereocenters. The van der Waals surface area contributed by atoms with Crippen LogP contribution in [0.2, 0.25) is 0 Å². The fourth-order valence-corrected chi connectivity index (χ4v) is 2.28. The van der Waals surface area contributed by atoms with Gasteiger partial charge in [-0.2, -0.15) is 21.9 Å². The molecule has 10 nitrogen and oxygen atoms in total. The highest BCUT2D eigenvalue weighted by molar-refractivity contribution is 7.89. The zero-order valence-corrected chi connectivity index (χ0v) is 10.5. The second-order valence-corrected chi connectivity index (χ2v) is 6.07. The molecule has 0 aliphatic carbocycles. The number of nitrogens with two attached hydrogens (primary N) is 1. The van der Waals surface area contributed by atoms with E-state index in [-0.39, 0.29) is 0 Å². The van der Waals surface area contributed by atoms with Gasteiger partial charge in [0.1, 0.15) is 0 Å². The van der Waals surface area contributed by atoms with Gasteiger partial charge in [0.15, 0.2) is 0 Å². The zero-order chi connectivity index (χ0) is 14.4. The van der Waals surface area contributed by atoms with Gasteiger partial charge in [0.2, 0.25) is 0 Å². The first-order valence-corrected chi connectivity index (χ1v) is 7.42. The van der Waals surface area contributed by atoms with Crippen LogP contribution in [0.1, 0.15) is 10.4 Å². The molecule has 0 radical (unpaired) electrons. The molecule has 0 bridgehead atoms. The first-order valence-electron chi connectivity index (χ1n) is 4.20. The minimum atomic E-state index is -4.30. The van der Waals surface area contributed by atoms with Gasteiger partial charge >= 0.3 is 0 Å². The van der Waals surface area contributed by atoms with Gasteiger partial charge in [0, 0.05) is 6.20 Å². The highest BCUT2D eigenvalue weighted by Crippen LogP contribution is 1.88. The summed E-state index contributed by atoms with van der Waals surface area (Å²) in [5.74, 6) is -2.42. The summed E-state index contributed by atoms with van der Waals surface area (Å²) in [5.41, 5.74) is 5.27. The lowest BCUT2D eigenvalue weighted by atomic mass is 10.4. The lowest BCUT2D eigenvalue weighted by Crippen LogP contribution is -2.15. The number of primary amides is 1. The number of hydrogen-bond acceptors (Lipinski definition) is 6. The van der Waals surface area contributed by atoms with E-state index in [1.807, 2.05) is 0 Å². The van der Waals surface area contributed by atoms with Gasteiger partial charge in [-0.25, -0.2) is 0 Å². The third-order valence-electron chi connectivity index (χ3n) is 1.38. The summed E-state index contributed by atoms with van der Waals surface area (Å²) in [5, 5.41) is 5.98. The molecule has 0 aliphatic heterocycles. The van der Waals surface area contributed by atoms with Crippen molar-refractivity contribution in [2.75, 3.05) is 11.5 Å². The number of hydrogen-bond donors (Lipinski definition) is 4. The fraction of sp³-hybridized carbons (Fsp3) is 0.333. The third kappa shape index (κ3) is 9.71. The van der Waals surface area contributed by atoms with E-state index in [2.05, 4.69) is 10.2 Å². The Kier molecular flexibility index (Phi) is 5.90. The monoisotopic (exact) mass is 301 g/mol. The molecule has 1 amide bonds. The van der Waals surface area contributed by atoms with E-state index in [4.69, 9.17) is 14.8 Å². The maximum absolute atomic E-state index is 10.2. The van der Waals surface area contributed by atoms with Crippen LogP contribution in [0, 0.1) is 0 Å². The molecule has 5 N–H and O–H groups in total. The van der Waals surface area contributed by atoms with Crippen LogP contribution in [0.3, 0.4) is 0 Å². The van der Waals surface area contributed by atoms with E-state index in [9.17, 15) is 21.6 Å². The number of carbonyl (C=O) groups excluding carboxylic acids is 1. The van der Waals surface area contributed by atoms with Crippen LogP contribution in [0.15, 0.2) is 12.4 Å². The quantitative estimate of drug-likeness (QED) is 0.473. The Balaban J connectivity index is 0.000000327. The Bertz CT molecular complexity index is 543. The molecule has 0 aliphatic rings. The number of rotatable bonds is 4. The van der Waals surface area contributed by atoms with E-state index in [0.717, 1.165) is 0 Å². The highest BCUT2D eigenvalue weighted by atomic mass is 32.2. The minimum absolute atomic E-state index is 0.407. The van der Waals surface area contributed by atoms with E-state index < -0.39 is 37.6 Å². The predicted octanol–water partition coefficient (Wildman–Crippen LogP) is -1.73. The summed E-state index contributed by atoms with van der Waals surface area (Å²) in [7, 11) is -8.59. The number of nitrogens with zero attached hydrogens (tertiary/aromatic N) is 1. The van der Waals surface area contributed by atoms with E-state index in [1.165, 1.54) is 12.4 Å². The first kappa shape index (κ1) is 16.5. The van der Waals surface area contributed by atoms with Gasteiger partial charge in [0.25, 0.3) is 26.1 Å². The molecule has 0 saturated carbocycles. The maximum atomic E-state index is 10.2. The average Bonchev–Trinajstić information content (AvgIpc) is 2.66. The molecule has 12 heteroatoms. The predicted molar refractivity (Wildman–Crippen MR) is 59.9 cm³/mol. The molecule has 18 heavy (non-hydrogen) atoms. The van der Waals surface area contributed by atoms with Crippen molar-refractivity contribution in [2.24, 2.45) is 5.73 Å². The van der Waals surface area contributed by atoms with Crippen molar-refractivity contribution in [1.29, 1.82) is 0 Å². The second-order valence-electron chi connectivity index (χ2n) is 2.92. The van der Waals surface area contributed by atoms with Crippen molar-refractivity contribution in [3.05, 3.63) is 18.0 Å². The fourth-order valence-electron chi connectivity index (χ4n) is 0.596. The summed E-state index contributed by atoms with van der Waals surface area (Å²) >= 11 is 0. The molecule has 104 valence electrons. The van der Waals surface area contributed by atoms with Crippen LogP contribution >= 0.6 is 0 Å². The Morgan fingerprint density at radius 3 is 1.83 bits per heavy atom. The van der Waals surface area contributed by atoms with Gasteiger partial charge in [-0.3, -0.25) is 19.0 Å². The molecule has 0 fully saturated rings. The van der Waals surface area contributed by atoms with Crippen LogP contribution in [0.4, 0.5) is 0 Å².